The highest BCUT2D eigenvalue weighted by atomic mass is 79.9. The first-order valence-electron chi connectivity index (χ1n) is 5.53. The first kappa shape index (κ1) is 14.8. The minimum absolute atomic E-state index is 0.137. The molecule has 0 radical (unpaired) electrons. The summed E-state index contributed by atoms with van der Waals surface area (Å²) in [4.78, 5) is 32.0. The highest BCUT2D eigenvalue weighted by Crippen LogP contribution is 2.22. The highest BCUT2D eigenvalue weighted by Gasteiger charge is 2.21. The molecule has 0 fully saturated rings. The summed E-state index contributed by atoms with van der Waals surface area (Å²) in [5.74, 6) is -0.842. The number of halogens is 1. The average Bonchev–Trinajstić information content (AvgIpc) is 2.79. The zero-order chi connectivity index (χ0) is 15.6. The molecule has 0 aliphatic rings. The SMILES string of the molecule is O=C(Cn1cc(Br)c([N+](=O)[O-])n1)c1cccc([N+](=O)[O-])c1. The van der Waals surface area contributed by atoms with Crippen LogP contribution in [0.3, 0.4) is 0 Å². The van der Waals surface area contributed by atoms with Gasteiger partial charge in [0, 0.05) is 17.7 Å². The van der Waals surface area contributed by atoms with Gasteiger partial charge in [-0.25, -0.2) is 0 Å². The molecule has 0 aliphatic carbocycles. The smallest absolute Gasteiger partial charge is 0.358 e. The fourth-order valence-electron chi connectivity index (χ4n) is 1.62. The lowest BCUT2D eigenvalue weighted by Gasteiger charge is -1.99. The van der Waals surface area contributed by atoms with Crippen molar-refractivity contribution in [3.05, 3.63) is 60.7 Å². The minimum atomic E-state index is -0.682. The number of rotatable bonds is 5. The quantitative estimate of drug-likeness (QED) is 0.461. The number of hydrogen-bond donors (Lipinski definition) is 0. The molecule has 1 heterocycles. The molecule has 2 rings (SSSR count). The van der Waals surface area contributed by atoms with Crippen LogP contribution in [0.25, 0.3) is 0 Å². The van der Waals surface area contributed by atoms with E-state index < -0.39 is 21.4 Å². The van der Waals surface area contributed by atoms with Gasteiger partial charge in [-0.15, -0.1) is 0 Å². The Morgan fingerprint density at radius 2 is 2.00 bits per heavy atom. The first-order valence-corrected chi connectivity index (χ1v) is 6.33. The largest absolute Gasteiger partial charge is 0.404 e. The van der Waals surface area contributed by atoms with Crippen LogP contribution in [0.4, 0.5) is 11.5 Å². The van der Waals surface area contributed by atoms with E-state index >= 15 is 0 Å². The van der Waals surface area contributed by atoms with Gasteiger partial charge < -0.3 is 10.1 Å². The van der Waals surface area contributed by atoms with Crippen LogP contribution >= 0.6 is 15.9 Å². The van der Waals surface area contributed by atoms with Crippen LogP contribution in [0.2, 0.25) is 0 Å². The first-order chi connectivity index (χ1) is 9.88. The zero-order valence-corrected chi connectivity index (χ0v) is 11.9. The summed E-state index contributed by atoms with van der Waals surface area (Å²) < 4.78 is 1.25. The maximum absolute atomic E-state index is 12.0. The van der Waals surface area contributed by atoms with E-state index in [4.69, 9.17) is 0 Å². The number of carbonyl (C=O) groups excluding carboxylic acids is 1. The number of benzene rings is 1. The molecule has 1 aromatic heterocycles. The molecule has 0 aliphatic heterocycles. The number of nitrogens with zero attached hydrogens (tertiary/aromatic N) is 4. The predicted octanol–water partition coefficient (Wildman–Crippen LogP) is 2.34. The molecule has 9 nitrogen and oxygen atoms in total. The molecule has 21 heavy (non-hydrogen) atoms. The van der Waals surface area contributed by atoms with Crippen LogP contribution in [0, 0.1) is 20.2 Å². The average molecular weight is 355 g/mol. The van der Waals surface area contributed by atoms with Gasteiger partial charge >= 0.3 is 5.82 Å². The van der Waals surface area contributed by atoms with Crippen molar-refractivity contribution in [2.45, 2.75) is 6.54 Å². The van der Waals surface area contributed by atoms with Crippen molar-refractivity contribution in [2.75, 3.05) is 0 Å². The molecule has 0 saturated heterocycles. The molecular formula is C11H7BrN4O5. The minimum Gasteiger partial charge on any atom is -0.358 e. The summed E-state index contributed by atoms with van der Waals surface area (Å²) in [5, 5.41) is 25.0. The Bertz CT molecular complexity index is 742. The van der Waals surface area contributed by atoms with Crippen molar-refractivity contribution in [1.82, 2.24) is 9.78 Å². The third-order valence-electron chi connectivity index (χ3n) is 2.56. The van der Waals surface area contributed by atoms with Crippen LogP contribution < -0.4 is 0 Å². The van der Waals surface area contributed by atoms with E-state index in [0.29, 0.717) is 0 Å². The molecular weight excluding hydrogens is 348 g/mol. The lowest BCUT2D eigenvalue weighted by atomic mass is 10.1. The number of carbonyl (C=O) groups is 1. The van der Waals surface area contributed by atoms with Gasteiger partial charge in [0.2, 0.25) is 0 Å². The normalized spacial score (nSPS) is 10.3. The molecule has 0 unspecified atom stereocenters. The van der Waals surface area contributed by atoms with E-state index in [-0.39, 0.29) is 22.3 Å². The monoisotopic (exact) mass is 354 g/mol. The van der Waals surface area contributed by atoms with Gasteiger partial charge in [0.1, 0.15) is 11.0 Å². The van der Waals surface area contributed by atoms with Gasteiger partial charge in [0.25, 0.3) is 5.69 Å². The fraction of sp³-hybridized carbons (Fsp3) is 0.0909. The van der Waals surface area contributed by atoms with Crippen LogP contribution in [0.5, 0.6) is 0 Å². The Morgan fingerprint density at radius 3 is 2.57 bits per heavy atom. The summed E-state index contributed by atoms with van der Waals surface area (Å²) in [6.45, 7) is -0.256. The molecule has 10 heteroatoms. The number of nitro groups is 2. The molecule has 0 spiro atoms. The summed E-state index contributed by atoms with van der Waals surface area (Å²) in [7, 11) is 0. The lowest BCUT2D eigenvalue weighted by molar-refractivity contribution is -0.390. The van der Waals surface area contributed by atoms with Crippen molar-refractivity contribution in [2.24, 2.45) is 0 Å². The Hall–Kier alpha value is -2.62. The summed E-state index contributed by atoms with van der Waals surface area (Å²) in [6, 6.07) is 5.25. The third-order valence-corrected chi connectivity index (χ3v) is 3.12. The van der Waals surface area contributed by atoms with Crippen LogP contribution in [0.15, 0.2) is 34.9 Å². The van der Waals surface area contributed by atoms with Crippen molar-refractivity contribution in [1.29, 1.82) is 0 Å². The maximum atomic E-state index is 12.0. The Labute approximate surface area is 125 Å². The summed E-state index contributed by atoms with van der Waals surface area (Å²) in [5.41, 5.74) is -0.0630. The number of Topliss-reactive ketones (excluding diaryl/α,β-unsaturated/α-hetero) is 1. The van der Waals surface area contributed by atoms with Gasteiger partial charge in [0.05, 0.1) is 16.2 Å². The maximum Gasteiger partial charge on any atom is 0.404 e. The van der Waals surface area contributed by atoms with Gasteiger partial charge in [0.15, 0.2) is 5.78 Å². The van der Waals surface area contributed by atoms with E-state index in [2.05, 4.69) is 21.0 Å². The van der Waals surface area contributed by atoms with E-state index in [1.54, 1.807) is 0 Å². The summed E-state index contributed by atoms with van der Waals surface area (Å²) in [6.07, 6.45) is 1.30. The Balaban J connectivity index is 2.22. The summed E-state index contributed by atoms with van der Waals surface area (Å²) >= 11 is 2.97. The number of hydrogen-bond acceptors (Lipinski definition) is 6. The molecule has 0 amide bonds. The standard InChI is InChI=1S/C11H7BrN4O5/c12-9-5-14(13-11(9)16(20)21)6-10(17)7-2-1-3-8(4-7)15(18)19/h1-5H,6H2. The second-order valence-electron chi connectivity index (χ2n) is 3.99. The van der Waals surface area contributed by atoms with E-state index in [9.17, 15) is 25.0 Å². The van der Waals surface area contributed by atoms with Gasteiger partial charge in [-0.1, -0.05) is 12.1 Å². The zero-order valence-electron chi connectivity index (χ0n) is 10.3. The molecule has 1 aromatic carbocycles. The Kier molecular flexibility index (Phi) is 4.08. The number of nitro benzene ring substituents is 1. The molecule has 2 aromatic rings. The second-order valence-corrected chi connectivity index (χ2v) is 4.84. The van der Waals surface area contributed by atoms with Gasteiger partial charge in [-0.2, -0.15) is 4.68 Å². The van der Waals surface area contributed by atoms with E-state index in [1.807, 2.05) is 0 Å². The molecule has 0 saturated carbocycles. The topological polar surface area (TPSA) is 121 Å². The van der Waals surface area contributed by atoms with Gasteiger partial charge in [-0.05, 0) is 20.9 Å². The van der Waals surface area contributed by atoms with Crippen LogP contribution in [0.1, 0.15) is 10.4 Å². The highest BCUT2D eigenvalue weighted by molar-refractivity contribution is 9.10. The van der Waals surface area contributed by atoms with Gasteiger partial charge in [-0.3, -0.25) is 14.9 Å². The molecule has 108 valence electrons. The van der Waals surface area contributed by atoms with Crippen molar-refractivity contribution >= 4 is 33.2 Å². The Morgan fingerprint density at radius 1 is 1.29 bits per heavy atom. The fourth-order valence-corrected chi connectivity index (χ4v) is 2.08. The second kappa shape index (κ2) is 5.79. The molecule has 0 N–H and O–H groups in total. The molecule has 0 atom stereocenters. The molecule has 0 bridgehead atoms. The lowest BCUT2D eigenvalue weighted by Crippen LogP contribution is -2.11. The van der Waals surface area contributed by atoms with Crippen molar-refractivity contribution < 1.29 is 14.6 Å². The van der Waals surface area contributed by atoms with Crippen LogP contribution in [-0.4, -0.2) is 25.4 Å². The third kappa shape index (κ3) is 3.28. The predicted molar refractivity (Wildman–Crippen MR) is 74.0 cm³/mol. The number of ketones is 1. The van der Waals surface area contributed by atoms with E-state index in [0.717, 1.165) is 10.7 Å². The number of aromatic nitrogens is 2. The van der Waals surface area contributed by atoms with Crippen LogP contribution in [-0.2, 0) is 6.54 Å². The van der Waals surface area contributed by atoms with Crippen molar-refractivity contribution in [3.63, 3.8) is 0 Å². The number of non-ortho nitro benzene ring substituents is 1. The van der Waals surface area contributed by atoms with Crippen molar-refractivity contribution in [3.8, 4) is 0 Å². The van der Waals surface area contributed by atoms with E-state index in [1.165, 1.54) is 24.4 Å².